The third-order valence-electron chi connectivity index (χ3n) is 6.29. The second-order valence-corrected chi connectivity index (χ2v) is 12.6. The van der Waals surface area contributed by atoms with Crippen molar-refractivity contribution in [3.05, 3.63) is 83.2 Å². The van der Waals surface area contributed by atoms with Gasteiger partial charge in [0.2, 0.25) is 0 Å². The van der Waals surface area contributed by atoms with Gasteiger partial charge in [0.25, 0.3) is 0 Å². The monoisotopic (exact) mass is 608 g/mol. The number of methoxy groups -OCH3 is 1. The Hall–Kier alpha value is -4.11. The van der Waals surface area contributed by atoms with E-state index in [1.807, 2.05) is 63.2 Å². The van der Waals surface area contributed by atoms with Gasteiger partial charge < -0.3 is 29.6 Å². The summed E-state index contributed by atoms with van der Waals surface area (Å²) in [5.74, 6) is -0.224. The number of nitrogens with one attached hydrogen (secondary N) is 2. The van der Waals surface area contributed by atoms with Crippen LogP contribution in [0.1, 0.15) is 71.2 Å². The van der Waals surface area contributed by atoms with E-state index >= 15 is 4.39 Å². The fourth-order valence-corrected chi connectivity index (χ4v) is 4.48. The van der Waals surface area contributed by atoms with Crippen molar-refractivity contribution < 1.29 is 32.9 Å². The Morgan fingerprint density at radius 1 is 0.909 bits per heavy atom. The number of amides is 1. The fourth-order valence-electron chi connectivity index (χ4n) is 4.48. The molecule has 0 saturated heterocycles. The Bertz CT molecular complexity index is 1430. The number of ether oxygens (including phenoxy) is 4. The highest BCUT2D eigenvalue weighted by molar-refractivity contribution is 5.74. The quantitative estimate of drug-likeness (QED) is 0.162. The second-order valence-electron chi connectivity index (χ2n) is 12.6. The Balaban J connectivity index is 1.89. The van der Waals surface area contributed by atoms with Crippen molar-refractivity contribution in [3.63, 3.8) is 0 Å². The number of hydrogen-bond acceptors (Lipinski definition) is 7. The fraction of sp³-hybridized carbons (Fsp3) is 0.429. The number of hydrogen-bond donors (Lipinski definition) is 2. The van der Waals surface area contributed by atoms with Crippen LogP contribution in [0.2, 0.25) is 0 Å². The van der Waals surface area contributed by atoms with Crippen molar-refractivity contribution in [3.8, 4) is 16.9 Å². The molecule has 0 bridgehead atoms. The van der Waals surface area contributed by atoms with Crippen molar-refractivity contribution in [2.24, 2.45) is 0 Å². The van der Waals surface area contributed by atoms with Gasteiger partial charge in [-0.15, -0.1) is 0 Å². The molecule has 2 N–H and O–H groups in total. The second kappa shape index (κ2) is 15.1. The number of benzene rings is 3. The molecule has 0 aliphatic rings. The van der Waals surface area contributed by atoms with Gasteiger partial charge in [0, 0.05) is 36.0 Å². The summed E-state index contributed by atoms with van der Waals surface area (Å²) in [6, 6.07) is 17.5. The average Bonchev–Trinajstić information content (AvgIpc) is 2.90. The largest absolute Gasteiger partial charge is 0.489 e. The van der Waals surface area contributed by atoms with Crippen molar-refractivity contribution >= 4 is 17.7 Å². The topological polar surface area (TPSA) is 95.1 Å². The zero-order chi connectivity index (χ0) is 32.5. The zero-order valence-electron chi connectivity index (χ0n) is 27.0. The van der Waals surface area contributed by atoms with Crippen LogP contribution in [0.4, 0.5) is 14.9 Å². The molecule has 0 fully saturated rings. The summed E-state index contributed by atoms with van der Waals surface area (Å²) in [5, 5.41) is 6.04. The number of para-hydroxylation sites is 1. The van der Waals surface area contributed by atoms with E-state index in [4.69, 9.17) is 18.9 Å². The smallest absolute Gasteiger partial charge is 0.408 e. The molecule has 3 aromatic carbocycles. The molecule has 9 heteroatoms. The molecule has 0 aliphatic heterocycles. The first kappa shape index (κ1) is 34.4. The first-order valence-corrected chi connectivity index (χ1v) is 14.7. The molecule has 0 heterocycles. The van der Waals surface area contributed by atoms with E-state index in [0.29, 0.717) is 41.2 Å². The predicted octanol–water partition coefficient (Wildman–Crippen LogP) is 7.60. The molecule has 3 rings (SSSR count). The summed E-state index contributed by atoms with van der Waals surface area (Å²) in [6.45, 7) is 13.7. The summed E-state index contributed by atoms with van der Waals surface area (Å²) >= 11 is 0. The highest BCUT2D eigenvalue weighted by Crippen LogP contribution is 2.32. The lowest BCUT2D eigenvalue weighted by Gasteiger charge is -2.22. The van der Waals surface area contributed by atoms with Gasteiger partial charge in [-0.1, -0.05) is 36.4 Å². The van der Waals surface area contributed by atoms with Crippen molar-refractivity contribution in [2.45, 2.75) is 78.7 Å². The molecule has 0 saturated carbocycles. The van der Waals surface area contributed by atoms with E-state index in [1.165, 1.54) is 0 Å². The maximum atomic E-state index is 16.0. The Labute approximate surface area is 260 Å². The van der Waals surface area contributed by atoms with Gasteiger partial charge in [0.05, 0.1) is 19.1 Å². The lowest BCUT2D eigenvalue weighted by atomic mass is 9.97. The number of halogens is 1. The van der Waals surface area contributed by atoms with Crippen LogP contribution < -0.4 is 15.4 Å². The van der Waals surface area contributed by atoms with Crippen molar-refractivity contribution in [1.29, 1.82) is 0 Å². The highest BCUT2D eigenvalue weighted by Gasteiger charge is 2.22. The summed E-state index contributed by atoms with van der Waals surface area (Å²) < 4.78 is 38.2. The van der Waals surface area contributed by atoms with E-state index in [2.05, 4.69) is 10.6 Å². The highest BCUT2D eigenvalue weighted by atomic mass is 19.1. The number of carbonyl (C=O) groups excluding carboxylic acids is 2. The van der Waals surface area contributed by atoms with E-state index in [9.17, 15) is 9.59 Å². The van der Waals surface area contributed by atoms with Gasteiger partial charge in [-0.05, 0) is 83.9 Å². The van der Waals surface area contributed by atoms with Gasteiger partial charge >= 0.3 is 12.1 Å². The SMILES string of the molecule is COCCNc1cc(COc2ccccc2CC(=O)OC(C)(C)C)cc(-c2cccc(C(C)NC(=O)OC(C)(C)C)c2F)c1. The third kappa shape index (κ3) is 10.9. The molecule has 0 radical (unpaired) electrons. The molecule has 1 amide bonds. The summed E-state index contributed by atoms with van der Waals surface area (Å²) in [5.41, 5.74) is 2.36. The van der Waals surface area contributed by atoms with Crippen LogP contribution in [0.5, 0.6) is 5.75 Å². The first-order valence-electron chi connectivity index (χ1n) is 14.7. The van der Waals surface area contributed by atoms with Crippen molar-refractivity contribution in [1.82, 2.24) is 5.32 Å². The van der Waals surface area contributed by atoms with E-state index in [1.54, 1.807) is 53.0 Å². The molecule has 0 aliphatic carbocycles. The molecule has 0 spiro atoms. The van der Waals surface area contributed by atoms with Crippen LogP contribution in [-0.2, 0) is 32.0 Å². The van der Waals surface area contributed by atoms with Crippen LogP contribution >= 0.6 is 0 Å². The van der Waals surface area contributed by atoms with Gasteiger partial charge in [-0.2, -0.15) is 0 Å². The van der Waals surface area contributed by atoms with E-state index in [0.717, 1.165) is 11.3 Å². The lowest BCUT2D eigenvalue weighted by molar-refractivity contribution is -0.153. The molecule has 1 unspecified atom stereocenters. The molecule has 0 aromatic heterocycles. The van der Waals surface area contributed by atoms with Gasteiger partial charge in [0.15, 0.2) is 0 Å². The number of rotatable bonds is 12. The summed E-state index contributed by atoms with van der Waals surface area (Å²) in [4.78, 5) is 24.8. The zero-order valence-corrected chi connectivity index (χ0v) is 27.0. The summed E-state index contributed by atoms with van der Waals surface area (Å²) in [7, 11) is 1.62. The maximum Gasteiger partial charge on any atom is 0.408 e. The van der Waals surface area contributed by atoms with Crippen LogP contribution in [0.3, 0.4) is 0 Å². The third-order valence-corrected chi connectivity index (χ3v) is 6.29. The number of anilines is 1. The van der Waals surface area contributed by atoms with Gasteiger partial charge in [-0.3, -0.25) is 4.79 Å². The van der Waals surface area contributed by atoms with Crippen LogP contribution in [0, 0.1) is 5.82 Å². The minimum absolute atomic E-state index is 0.0742. The standard InChI is InChI=1S/C35H45FN2O6/c1-23(38-33(40)44-35(5,6)7)28-13-11-14-29(32(28)36)26-18-24(19-27(20-26)37-16-17-41-8)22-42-30-15-10-9-12-25(30)21-31(39)43-34(2,3)4/h9-15,18-20,23,37H,16-17,21-22H2,1-8H3,(H,38,40). The Morgan fingerprint density at radius 2 is 1.61 bits per heavy atom. The molecule has 238 valence electrons. The van der Waals surface area contributed by atoms with Gasteiger partial charge in [-0.25, -0.2) is 9.18 Å². The van der Waals surface area contributed by atoms with Crippen molar-refractivity contribution in [2.75, 3.05) is 25.6 Å². The first-order chi connectivity index (χ1) is 20.6. The molecule has 3 aromatic rings. The van der Waals surface area contributed by atoms with Gasteiger partial charge in [0.1, 0.15) is 29.4 Å². The van der Waals surface area contributed by atoms with E-state index < -0.39 is 29.2 Å². The van der Waals surface area contributed by atoms with Crippen LogP contribution in [0.15, 0.2) is 60.7 Å². The Morgan fingerprint density at radius 3 is 2.30 bits per heavy atom. The van der Waals surface area contributed by atoms with Crippen LogP contribution in [0.25, 0.3) is 11.1 Å². The van der Waals surface area contributed by atoms with Crippen LogP contribution in [-0.4, -0.2) is 43.5 Å². The number of esters is 1. The molecular formula is C35H45FN2O6. The van der Waals surface area contributed by atoms with E-state index in [-0.39, 0.29) is 19.0 Å². The number of alkyl carbamates (subject to hydrolysis) is 1. The minimum atomic E-state index is -0.671. The molecule has 8 nitrogen and oxygen atoms in total. The normalized spacial score (nSPS) is 12.3. The molecule has 1 atom stereocenters. The number of carbonyl (C=O) groups is 2. The average molecular weight is 609 g/mol. The minimum Gasteiger partial charge on any atom is -0.489 e. The predicted molar refractivity (Wildman–Crippen MR) is 170 cm³/mol. The maximum absolute atomic E-state index is 16.0. The molecule has 44 heavy (non-hydrogen) atoms. The Kier molecular flexibility index (Phi) is 11.8. The lowest BCUT2D eigenvalue weighted by Crippen LogP contribution is -2.34. The summed E-state index contributed by atoms with van der Waals surface area (Å²) in [6.07, 6.45) is -0.546. The molecular weight excluding hydrogens is 563 g/mol.